The molecule has 62 heavy (non-hydrogen) atoms. The Labute approximate surface area is 360 Å². The molecule has 0 spiro atoms. The Morgan fingerprint density at radius 3 is 1.63 bits per heavy atom. The summed E-state index contributed by atoms with van der Waals surface area (Å²) in [6.07, 6.45) is 0. The summed E-state index contributed by atoms with van der Waals surface area (Å²) in [4.78, 5) is 10.4. The lowest BCUT2D eigenvalue weighted by Gasteiger charge is -2.33. The van der Waals surface area contributed by atoms with E-state index in [9.17, 15) is 0 Å². The number of aromatic nitrogens is 2. The van der Waals surface area contributed by atoms with Crippen molar-refractivity contribution in [2.24, 2.45) is 0 Å². The number of furan rings is 1. The molecular formula is C59H38N2O. The summed E-state index contributed by atoms with van der Waals surface area (Å²) >= 11 is 0. The van der Waals surface area contributed by atoms with Crippen molar-refractivity contribution in [1.82, 2.24) is 9.97 Å². The van der Waals surface area contributed by atoms with Gasteiger partial charge in [-0.15, -0.1) is 0 Å². The molecule has 1 aliphatic carbocycles. The Balaban J connectivity index is 0.967. The Hall–Kier alpha value is -8.14. The third-order valence-corrected chi connectivity index (χ3v) is 12.6. The van der Waals surface area contributed by atoms with Crippen LogP contribution >= 0.6 is 0 Å². The largest absolute Gasteiger partial charge is 0.455 e. The molecule has 12 rings (SSSR count). The van der Waals surface area contributed by atoms with Crippen molar-refractivity contribution >= 4 is 21.9 Å². The van der Waals surface area contributed by atoms with Crippen molar-refractivity contribution < 1.29 is 4.42 Å². The molecule has 11 aromatic rings. The van der Waals surface area contributed by atoms with Gasteiger partial charge in [0, 0.05) is 33.0 Å². The molecule has 0 bridgehead atoms. The van der Waals surface area contributed by atoms with Gasteiger partial charge in [0.25, 0.3) is 0 Å². The summed E-state index contributed by atoms with van der Waals surface area (Å²) in [5, 5.41) is 2.21. The van der Waals surface area contributed by atoms with Crippen molar-refractivity contribution in [2.45, 2.75) is 5.41 Å². The molecule has 3 nitrogen and oxygen atoms in total. The predicted molar refractivity (Wildman–Crippen MR) is 254 cm³/mol. The van der Waals surface area contributed by atoms with Crippen LogP contribution in [-0.2, 0) is 5.41 Å². The van der Waals surface area contributed by atoms with Gasteiger partial charge in [0.1, 0.15) is 11.2 Å². The third kappa shape index (κ3) is 5.67. The van der Waals surface area contributed by atoms with Gasteiger partial charge in [-0.2, -0.15) is 0 Å². The smallest absolute Gasteiger partial charge is 0.160 e. The summed E-state index contributed by atoms with van der Waals surface area (Å²) < 4.78 is 6.52. The van der Waals surface area contributed by atoms with Crippen molar-refractivity contribution in [3.63, 3.8) is 0 Å². The zero-order valence-electron chi connectivity index (χ0n) is 33.7. The van der Waals surface area contributed by atoms with Crippen LogP contribution in [0.2, 0.25) is 0 Å². The van der Waals surface area contributed by atoms with E-state index in [0.29, 0.717) is 5.82 Å². The molecule has 0 atom stereocenters. The number of rotatable bonds is 7. The molecule has 0 radical (unpaired) electrons. The fourth-order valence-corrected chi connectivity index (χ4v) is 9.81. The van der Waals surface area contributed by atoms with Crippen LogP contribution < -0.4 is 0 Å². The molecule has 2 heterocycles. The monoisotopic (exact) mass is 790 g/mol. The summed E-state index contributed by atoms with van der Waals surface area (Å²) in [6, 6.07) is 82.1. The second-order valence-corrected chi connectivity index (χ2v) is 16.0. The molecular weight excluding hydrogens is 753 g/mol. The molecule has 9 aromatic carbocycles. The Morgan fingerprint density at radius 2 is 0.871 bits per heavy atom. The van der Waals surface area contributed by atoms with Gasteiger partial charge in [-0.1, -0.05) is 212 Å². The topological polar surface area (TPSA) is 38.9 Å². The average molecular weight is 791 g/mol. The second kappa shape index (κ2) is 14.5. The van der Waals surface area contributed by atoms with Gasteiger partial charge >= 0.3 is 0 Å². The van der Waals surface area contributed by atoms with Crippen molar-refractivity contribution in [3.8, 4) is 67.3 Å². The Bertz CT molecular complexity index is 3400. The first-order chi connectivity index (χ1) is 30.7. The maximum Gasteiger partial charge on any atom is 0.160 e. The molecule has 0 fully saturated rings. The highest BCUT2D eigenvalue weighted by molar-refractivity contribution is 6.10. The van der Waals surface area contributed by atoms with E-state index in [-0.39, 0.29) is 0 Å². The maximum absolute atomic E-state index is 6.52. The van der Waals surface area contributed by atoms with Crippen molar-refractivity contribution in [2.75, 3.05) is 0 Å². The van der Waals surface area contributed by atoms with Gasteiger partial charge in [-0.05, 0) is 68.3 Å². The van der Waals surface area contributed by atoms with Crippen molar-refractivity contribution in [1.29, 1.82) is 0 Å². The molecule has 290 valence electrons. The van der Waals surface area contributed by atoms with E-state index in [2.05, 4.69) is 200 Å². The lowest BCUT2D eigenvalue weighted by molar-refractivity contribution is 0.670. The number of benzene rings is 9. The number of para-hydroxylation sites is 2. The zero-order valence-corrected chi connectivity index (χ0v) is 33.7. The fraction of sp³-hybridized carbons (Fsp3) is 0.0169. The van der Waals surface area contributed by atoms with E-state index < -0.39 is 5.41 Å². The van der Waals surface area contributed by atoms with Gasteiger partial charge in [-0.3, -0.25) is 0 Å². The van der Waals surface area contributed by atoms with E-state index in [1.54, 1.807) is 0 Å². The maximum atomic E-state index is 6.52. The first-order valence-electron chi connectivity index (χ1n) is 21.1. The van der Waals surface area contributed by atoms with Gasteiger partial charge < -0.3 is 4.42 Å². The molecule has 3 heteroatoms. The minimum atomic E-state index is -0.421. The first-order valence-corrected chi connectivity index (χ1v) is 21.1. The number of hydrogen-bond acceptors (Lipinski definition) is 3. The van der Waals surface area contributed by atoms with E-state index >= 15 is 0 Å². The van der Waals surface area contributed by atoms with E-state index in [1.165, 1.54) is 38.9 Å². The van der Waals surface area contributed by atoms with Crippen LogP contribution in [0.1, 0.15) is 22.3 Å². The molecule has 0 saturated carbocycles. The van der Waals surface area contributed by atoms with Crippen molar-refractivity contribution in [3.05, 3.63) is 253 Å². The molecule has 0 unspecified atom stereocenters. The second-order valence-electron chi connectivity index (χ2n) is 16.0. The van der Waals surface area contributed by atoms with Crippen LogP contribution in [0.5, 0.6) is 0 Å². The standard InChI is InChI=1S/C59H38N2O/c1-4-17-41(18-5-1)58-60-54(38-55(61-58)47-25-11-10-23-45(47)49-27-16-28-50-48-26-13-15-30-56(48)62-57(49)50)40-33-31-39(32-34-40)42-35-36-53-51(37-42)46-24-12-14-29-52(46)59(53,43-19-6-2-7-20-43)44-21-8-3-9-22-44/h1-38H. The average Bonchev–Trinajstić information content (AvgIpc) is 3.89. The number of nitrogens with zero attached hydrogens (tertiary/aromatic N) is 2. The minimum absolute atomic E-state index is 0.421. The van der Waals surface area contributed by atoms with Crippen LogP contribution in [-0.4, -0.2) is 9.97 Å². The zero-order chi connectivity index (χ0) is 41.0. The number of hydrogen-bond donors (Lipinski definition) is 0. The first kappa shape index (κ1) is 35.8. The highest BCUT2D eigenvalue weighted by Gasteiger charge is 2.45. The van der Waals surface area contributed by atoms with Crippen LogP contribution in [0.15, 0.2) is 235 Å². The molecule has 1 aliphatic rings. The van der Waals surface area contributed by atoms with E-state index in [4.69, 9.17) is 14.4 Å². The Morgan fingerprint density at radius 1 is 0.323 bits per heavy atom. The van der Waals surface area contributed by atoms with Crippen LogP contribution in [0.25, 0.3) is 89.2 Å². The van der Waals surface area contributed by atoms with E-state index in [1.807, 2.05) is 30.3 Å². The lowest BCUT2D eigenvalue weighted by atomic mass is 9.67. The summed E-state index contributed by atoms with van der Waals surface area (Å²) in [5.74, 6) is 0.677. The summed E-state index contributed by atoms with van der Waals surface area (Å²) in [6.45, 7) is 0. The highest BCUT2D eigenvalue weighted by Crippen LogP contribution is 2.56. The van der Waals surface area contributed by atoms with Gasteiger partial charge in [-0.25, -0.2) is 9.97 Å². The molecule has 2 aromatic heterocycles. The predicted octanol–water partition coefficient (Wildman–Crippen LogP) is 15.1. The lowest BCUT2D eigenvalue weighted by Crippen LogP contribution is -2.28. The van der Waals surface area contributed by atoms with Gasteiger partial charge in [0.05, 0.1) is 16.8 Å². The SMILES string of the molecule is c1ccc(-c2nc(-c3ccc(-c4ccc5c(c4)-c4ccccc4C5(c4ccccc4)c4ccccc4)cc3)cc(-c3ccccc3-c3cccc4c3oc3ccccc34)n2)cc1. The van der Waals surface area contributed by atoms with Crippen LogP contribution in [0.4, 0.5) is 0 Å². The summed E-state index contributed by atoms with van der Waals surface area (Å²) in [5.41, 5.74) is 18.1. The third-order valence-electron chi connectivity index (χ3n) is 12.6. The normalized spacial score (nSPS) is 12.6. The molecule has 0 aliphatic heterocycles. The molecule has 0 N–H and O–H groups in total. The van der Waals surface area contributed by atoms with Crippen LogP contribution in [0.3, 0.4) is 0 Å². The van der Waals surface area contributed by atoms with Gasteiger partial charge in [0.15, 0.2) is 5.82 Å². The quantitative estimate of drug-likeness (QED) is 0.161. The Kier molecular flexibility index (Phi) is 8.39. The molecule has 0 amide bonds. The number of fused-ring (bicyclic) bond motifs is 6. The molecule has 0 saturated heterocycles. The van der Waals surface area contributed by atoms with Crippen LogP contribution in [0, 0.1) is 0 Å². The van der Waals surface area contributed by atoms with E-state index in [0.717, 1.165) is 66.7 Å². The highest BCUT2D eigenvalue weighted by atomic mass is 16.3. The minimum Gasteiger partial charge on any atom is -0.455 e. The fourth-order valence-electron chi connectivity index (χ4n) is 9.81. The summed E-state index contributed by atoms with van der Waals surface area (Å²) in [7, 11) is 0. The van der Waals surface area contributed by atoms with Gasteiger partial charge in [0.2, 0.25) is 0 Å².